The van der Waals surface area contributed by atoms with Crippen molar-refractivity contribution in [3.63, 3.8) is 0 Å². The number of benzene rings is 2. The van der Waals surface area contributed by atoms with Crippen molar-refractivity contribution in [2.75, 3.05) is 11.9 Å². The van der Waals surface area contributed by atoms with E-state index in [0.29, 0.717) is 39.4 Å². The minimum atomic E-state index is -0.426. The van der Waals surface area contributed by atoms with Crippen molar-refractivity contribution >= 4 is 40.8 Å². The molecule has 8 heteroatoms. The van der Waals surface area contributed by atoms with Crippen LogP contribution >= 0.6 is 23.2 Å². The lowest BCUT2D eigenvalue weighted by molar-refractivity contribution is 0.0526. The van der Waals surface area contributed by atoms with Gasteiger partial charge in [0.2, 0.25) is 0 Å². The van der Waals surface area contributed by atoms with Gasteiger partial charge in [0.15, 0.2) is 5.76 Å². The summed E-state index contributed by atoms with van der Waals surface area (Å²) in [5, 5.41) is 3.59. The third-order valence-corrected chi connectivity index (χ3v) is 4.33. The molecule has 0 saturated carbocycles. The van der Waals surface area contributed by atoms with E-state index in [-0.39, 0.29) is 12.4 Å². The van der Waals surface area contributed by atoms with Crippen LogP contribution in [-0.4, -0.2) is 18.5 Å². The highest BCUT2D eigenvalue weighted by Crippen LogP contribution is 2.28. The fraction of sp³-hybridized carbons (Fsp3) is 0.143. The van der Waals surface area contributed by atoms with Gasteiger partial charge >= 0.3 is 5.97 Å². The second kappa shape index (κ2) is 9.49. The van der Waals surface area contributed by atoms with Crippen LogP contribution in [0.15, 0.2) is 59.0 Å². The maximum absolute atomic E-state index is 12.3. The second-order valence-corrected chi connectivity index (χ2v) is 6.72. The van der Waals surface area contributed by atoms with E-state index in [0.717, 1.165) is 0 Å². The Kier molecular flexibility index (Phi) is 6.80. The van der Waals surface area contributed by atoms with Crippen molar-refractivity contribution in [2.45, 2.75) is 13.5 Å². The van der Waals surface area contributed by atoms with Gasteiger partial charge in [-0.05, 0) is 61.5 Å². The molecule has 0 radical (unpaired) electrons. The van der Waals surface area contributed by atoms with Gasteiger partial charge in [-0.2, -0.15) is 0 Å². The summed E-state index contributed by atoms with van der Waals surface area (Å²) in [6, 6.07) is 14.5. The molecule has 29 heavy (non-hydrogen) atoms. The molecule has 0 unspecified atom stereocenters. The van der Waals surface area contributed by atoms with Crippen LogP contribution < -0.4 is 10.1 Å². The van der Waals surface area contributed by atoms with E-state index < -0.39 is 11.9 Å². The smallest absolute Gasteiger partial charge is 0.338 e. The first-order valence-electron chi connectivity index (χ1n) is 8.71. The van der Waals surface area contributed by atoms with Crippen molar-refractivity contribution < 1.29 is 23.5 Å². The topological polar surface area (TPSA) is 77.8 Å². The summed E-state index contributed by atoms with van der Waals surface area (Å²) in [6.45, 7) is 2.13. The highest BCUT2D eigenvalue weighted by atomic mass is 35.5. The summed E-state index contributed by atoms with van der Waals surface area (Å²) in [7, 11) is 0. The fourth-order valence-corrected chi connectivity index (χ4v) is 2.88. The maximum atomic E-state index is 12.3. The third kappa shape index (κ3) is 5.53. The van der Waals surface area contributed by atoms with E-state index in [2.05, 4.69) is 5.32 Å². The second-order valence-electron chi connectivity index (χ2n) is 5.88. The molecule has 2 aromatic carbocycles. The standard InChI is InChI=1S/C21H17Cl2NO5/c1-2-27-21(26)13-3-6-15(7-4-13)24-20(25)19-10-8-16(29-19)12-28-18-9-5-14(22)11-17(18)23/h3-11H,2,12H2,1H3,(H,24,25). The lowest BCUT2D eigenvalue weighted by atomic mass is 10.2. The minimum Gasteiger partial charge on any atom is -0.484 e. The van der Waals surface area contributed by atoms with Gasteiger partial charge in [-0.3, -0.25) is 4.79 Å². The highest BCUT2D eigenvalue weighted by Gasteiger charge is 2.13. The number of nitrogens with one attached hydrogen (secondary N) is 1. The lowest BCUT2D eigenvalue weighted by Crippen LogP contribution is -2.11. The molecule has 1 N–H and O–H groups in total. The molecular formula is C21H17Cl2NO5. The third-order valence-electron chi connectivity index (χ3n) is 3.80. The Morgan fingerprint density at radius 1 is 1.03 bits per heavy atom. The first-order valence-corrected chi connectivity index (χ1v) is 9.47. The van der Waals surface area contributed by atoms with E-state index in [1.54, 1.807) is 61.5 Å². The Hall–Kier alpha value is -2.96. The van der Waals surface area contributed by atoms with E-state index >= 15 is 0 Å². The lowest BCUT2D eigenvalue weighted by Gasteiger charge is -2.07. The molecule has 0 aliphatic heterocycles. The summed E-state index contributed by atoms with van der Waals surface area (Å²) in [5.41, 5.74) is 0.924. The number of carbonyl (C=O) groups excluding carboxylic acids is 2. The number of hydrogen-bond donors (Lipinski definition) is 1. The van der Waals surface area contributed by atoms with Crippen LogP contribution in [0.3, 0.4) is 0 Å². The number of hydrogen-bond acceptors (Lipinski definition) is 5. The van der Waals surface area contributed by atoms with Gasteiger partial charge in [0.05, 0.1) is 17.2 Å². The van der Waals surface area contributed by atoms with E-state index in [1.807, 2.05) is 0 Å². The molecule has 0 saturated heterocycles. The van der Waals surface area contributed by atoms with E-state index in [9.17, 15) is 9.59 Å². The Morgan fingerprint density at radius 2 is 1.79 bits per heavy atom. The van der Waals surface area contributed by atoms with Crippen molar-refractivity contribution in [3.05, 3.63) is 81.7 Å². The number of esters is 1. The Bertz CT molecular complexity index is 1010. The van der Waals surface area contributed by atoms with Gasteiger partial charge in [-0.1, -0.05) is 23.2 Å². The predicted molar refractivity (Wildman–Crippen MR) is 110 cm³/mol. The van der Waals surface area contributed by atoms with Gasteiger partial charge in [-0.25, -0.2) is 4.79 Å². The van der Waals surface area contributed by atoms with Gasteiger partial charge in [0.1, 0.15) is 18.1 Å². The zero-order valence-electron chi connectivity index (χ0n) is 15.4. The van der Waals surface area contributed by atoms with Gasteiger partial charge in [0, 0.05) is 10.7 Å². The molecule has 3 aromatic rings. The van der Waals surface area contributed by atoms with Gasteiger partial charge < -0.3 is 19.2 Å². The molecule has 1 heterocycles. The quantitative estimate of drug-likeness (QED) is 0.491. The van der Waals surface area contributed by atoms with Gasteiger partial charge in [0.25, 0.3) is 5.91 Å². The summed E-state index contributed by atoms with van der Waals surface area (Å²) in [6.07, 6.45) is 0. The highest BCUT2D eigenvalue weighted by molar-refractivity contribution is 6.35. The maximum Gasteiger partial charge on any atom is 0.338 e. The predicted octanol–water partition coefficient (Wildman–Crippen LogP) is 5.59. The Morgan fingerprint density at radius 3 is 2.48 bits per heavy atom. The zero-order chi connectivity index (χ0) is 20.8. The number of anilines is 1. The van der Waals surface area contributed by atoms with Crippen molar-refractivity contribution in [2.24, 2.45) is 0 Å². The SMILES string of the molecule is CCOC(=O)c1ccc(NC(=O)c2ccc(COc3ccc(Cl)cc3Cl)o2)cc1. The van der Waals surface area contributed by atoms with Gasteiger partial charge in [-0.15, -0.1) is 0 Å². The van der Waals surface area contributed by atoms with Crippen LogP contribution in [0.25, 0.3) is 0 Å². The first kappa shape index (κ1) is 20.8. The van der Waals surface area contributed by atoms with Crippen LogP contribution in [0.4, 0.5) is 5.69 Å². The Balaban J connectivity index is 1.58. The molecule has 0 fully saturated rings. The minimum absolute atomic E-state index is 0.100. The van der Waals surface area contributed by atoms with Crippen LogP contribution in [0.5, 0.6) is 5.75 Å². The molecule has 0 bridgehead atoms. The first-order chi connectivity index (χ1) is 14.0. The molecule has 1 aromatic heterocycles. The van der Waals surface area contributed by atoms with Crippen molar-refractivity contribution in [3.8, 4) is 5.75 Å². The van der Waals surface area contributed by atoms with Crippen molar-refractivity contribution in [1.82, 2.24) is 0 Å². The molecule has 0 spiro atoms. The molecule has 0 atom stereocenters. The molecule has 150 valence electrons. The molecular weight excluding hydrogens is 417 g/mol. The largest absolute Gasteiger partial charge is 0.484 e. The molecule has 0 aliphatic rings. The average molecular weight is 434 g/mol. The van der Waals surface area contributed by atoms with Crippen LogP contribution in [-0.2, 0) is 11.3 Å². The van der Waals surface area contributed by atoms with Crippen LogP contribution in [0.1, 0.15) is 33.6 Å². The summed E-state index contributed by atoms with van der Waals surface area (Å²) < 4.78 is 16.0. The number of furan rings is 1. The molecule has 6 nitrogen and oxygen atoms in total. The molecule has 3 rings (SSSR count). The number of rotatable bonds is 7. The monoisotopic (exact) mass is 433 g/mol. The van der Waals surface area contributed by atoms with Crippen molar-refractivity contribution in [1.29, 1.82) is 0 Å². The normalized spacial score (nSPS) is 10.4. The van der Waals surface area contributed by atoms with Crippen LogP contribution in [0.2, 0.25) is 10.0 Å². The van der Waals surface area contributed by atoms with E-state index in [4.69, 9.17) is 37.1 Å². The summed E-state index contributed by atoms with van der Waals surface area (Å²) in [5.74, 6) is 0.200. The number of halogens is 2. The molecule has 0 aliphatic carbocycles. The number of ether oxygens (including phenoxy) is 2. The number of amides is 1. The van der Waals surface area contributed by atoms with E-state index in [1.165, 1.54) is 0 Å². The average Bonchev–Trinajstić information content (AvgIpc) is 3.17. The molecule has 1 amide bonds. The zero-order valence-corrected chi connectivity index (χ0v) is 16.9. The van der Waals surface area contributed by atoms with Crippen LogP contribution in [0, 0.1) is 0 Å². The summed E-state index contributed by atoms with van der Waals surface area (Å²) >= 11 is 11.9. The summed E-state index contributed by atoms with van der Waals surface area (Å²) in [4.78, 5) is 24.0. The fourth-order valence-electron chi connectivity index (χ4n) is 2.42. The number of carbonyl (C=O) groups is 2. The Labute approximate surface area is 177 Å².